The van der Waals surface area contributed by atoms with Crippen LogP contribution in [0.1, 0.15) is 180 Å². The highest BCUT2D eigenvalue weighted by Crippen LogP contribution is 2.50. The van der Waals surface area contributed by atoms with Gasteiger partial charge in [0.05, 0.1) is 54.4 Å². The minimum atomic E-state index is -0.0583. The fourth-order valence-corrected chi connectivity index (χ4v) is 11.0. The zero-order valence-corrected chi connectivity index (χ0v) is 40.4. The molecule has 0 saturated heterocycles. The largest absolute Gasteiger partial charge is 0.306 e. The Morgan fingerprint density at radius 1 is 0.484 bits per heavy atom. The first kappa shape index (κ1) is 47.6. The van der Waals surface area contributed by atoms with Gasteiger partial charge in [-0.05, 0) is 61.8 Å². The molecule has 12 heteroatoms. The van der Waals surface area contributed by atoms with Gasteiger partial charge in [-0.2, -0.15) is 0 Å². The lowest BCUT2D eigenvalue weighted by molar-refractivity contribution is -0.124. The molecular formula is C50H74N8O2S2. The Bertz CT molecular complexity index is 1940. The van der Waals surface area contributed by atoms with Gasteiger partial charge in [0.25, 0.3) is 11.8 Å². The van der Waals surface area contributed by atoms with Crippen LogP contribution in [0.2, 0.25) is 0 Å². The predicted molar refractivity (Wildman–Crippen MR) is 257 cm³/mol. The number of carbonyl (C=O) groups excluding carboxylic acids is 2. The van der Waals surface area contributed by atoms with Crippen LogP contribution in [0.4, 0.5) is 0 Å². The molecule has 6 rings (SSSR count). The Balaban J connectivity index is 1.36. The molecule has 4 aromatic rings. The predicted octanol–water partition coefficient (Wildman–Crippen LogP) is 13.3. The van der Waals surface area contributed by atoms with E-state index in [-0.39, 0.29) is 11.8 Å². The van der Waals surface area contributed by atoms with Crippen molar-refractivity contribution in [1.29, 1.82) is 0 Å². The molecule has 10 nitrogen and oxygen atoms in total. The van der Waals surface area contributed by atoms with Gasteiger partial charge in [-0.3, -0.25) is 19.0 Å². The molecule has 4 aromatic heterocycles. The lowest BCUT2D eigenvalue weighted by Crippen LogP contribution is -2.34. The van der Waals surface area contributed by atoms with E-state index in [4.69, 9.17) is 0 Å². The van der Waals surface area contributed by atoms with E-state index in [2.05, 4.69) is 86.4 Å². The molecule has 0 spiro atoms. The minimum Gasteiger partial charge on any atom is -0.306 e. The lowest BCUT2D eigenvalue weighted by Gasteiger charge is -2.29. The van der Waals surface area contributed by atoms with Gasteiger partial charge in [0.15, 0.2) is 0 Å². The number of fused-ring (bicyclic) bond motifs is 1. The molecule has 2 amide bonds. The van der Waals surface area contributed by atoms with E-state index >= 15 is 9.59 Å². The Morgan fingerprint density at radius 2 is 0.855 bits per heavy atom. The van der Waals surface area contributed by atoms with Crippen LogP contribution in [0.5, 0.6) is 0 Å². The van der Waals surface area contributed by atoms with Crippen molar-refractivity contribution < 1.29 is 9.59 Å². The Hall–Kier alpha value is -3.90. The van der Waals surface area contributed by atoms with Crippen molar-refractivity contribution in [1.82, 2.24) is 39.8 Å². The molecule has 6 heterocycles. The van der Waals surface area contributed by atoms with Crippen LogP contribution in [-0.4, -0.2) is 64.7 Å². The smallest absolute Gasteiger partial charge is 0.261 e. The summed E-state index contributed by atoms with van der Waals surface area (Å²) in [7, 11) is 0. The van der Waals surface area contributed by atoms with E-state index in [0.717, 1.165) is 120 Å². The van der Waals surface area contributed by atoms with Crippen molar-refractivity contribution in [2.45, 2.75) is 183 Å². The quantitative estimate of drug-likeness (QED) is 0.0483. The van der Waals surface area contributed by atoms with Crippen LogP contribution in [0.3, 0.4) is 0 Å². The van der Waals surface area contributed by atoms with Crippen LogP contribution in [0.25, 0.3) is 32.5 Å². The molecule has 0 aromatic carbocycles. The van der Waals surface area contributed by atoms with Gasteiger partial charge in [0, 0.05) is 26.2 Å². The second kappa shape index (κ2) is 24.2. The average Bonchev–Trinajstić information content (AvgIpc) is 4.15. The van der Waals surface area contributed by atoms with Gasteiger partial charge >= 0.3 is 0 Å². The first-order valence-electron chi connectivity index (χ1n) is 24.5. The molecule has 2 aliphatic heterocycles. The van der Waals surface area contributed by atoms with Crippen molar-refractivity contribution in [3.05, 3.63) is 57.6 Å². The summed E-state index contributed by atoms with van der Waals surface area (Å²) < 4.78 is 3.92. The van der Waals surface area contributed by atoms with E-state index in [1.807, 2.05) is 31.6 Å². The van der Waals surface area contributed by atoms with E-state index in [1.165, 1.54) is 64.2 Å². The van der Waals surface area contributed by atoms with Gasteiger partial charge in [0.2, 0.25) is 0 Å². The Morgan fingerprint density at radius 3 is 1.24 bits per heavy atom. The Kier molecular flexibility index (Phi) is 18.6. The summed E-state index contributed by atoms with van der Waals surface area (Å²) in [5, 5.41) is 18.1. The number of aromatic nitrogens is 6. The lowest BCUT2D eigenvalue weighted by atomic mass is 9.98. The van der Waals surface area contributed by atoms with Crippen molar-refractivity contribution in [3.8, 4) is 21.1 Å². The van der Waals surface area contributed by atoms with Gasteiger partial charge in [-0.25, -0.2) is 0 Å². The third-order valence-electron chi connectivity index (χ3n) is 12.9. The maximum atomic E-state index is 15.2. The molecule has 338 valence electrons. The van der Waals surface area contributed by atoms with E-state index < -0.39 is 0 Å². The van der Waals surface area contributed by atoms with Crippen molar-refractivity contribution >= 4 is 45.9 Å². The third-order valence-corrected chi connectivity index (χ3v) is 15.1. The van der Waals surface area contributed by atoms with Crippen LogP contribution in [0, 0.1) is 11.8 Å². The monoisotopic (exact) mass is 883 g/mol. The summed E-state index contributed by atoms with van der Waals surface area (Å²) in [5.41, 5.74) is 4.29. The van der Waals surface area contributed by atoms with Crippen LogP contribution in [-0.2, 0) is 22.7 Å². The molecule has 0 radical (unpaired) electrons. The second-order valence-electron chi connectivity index (χ2n) is 17.7. The number of unbranched alkanes of at least 4 members (excludes halogenated alkanes) is 12. The maximum absolute atomic E-state index is 15.2. The number of nitrogens with zero attached hydrogens (tertiary/aromatic N) is 8. The second-order valence-corrected chi connectivity index (χ2v) is 19.9. The normalized spacial score (nSPS) is 15.3. The number of amides is 2. The SMILES string of the molecule is CCCCCCCCn1cc(-c2ccc(C3=C4C(=O)N(CC(CC)CCCC)C(c5ccc(-c6cn(CCCCCCCC)nn6)s5)=C4C(=O)N3CC(CC)CCCC)s2)nn1. The number of aryl methyl sites for hydroxylation is 2. The number of rotatable bonds is 30. The summed E-state index contributed by atoms with van der Waals surface area (Å²) >= 11 is 3.22. The third kappa shape index (κ3) is 11.8. The molecule has 0 saturated carbocycles. The number of hydrogen-bond donors (Lipinski definition) is 0. The zero-order chi connectivity index (χ0) is 43.8. The minimum absolute atomic E-state index is 0.0583. The Labute approximate surface area is 380 Å². The highest BCUT2D eigenvalue weighted by atomic mass is 32.1. The number of carbonyl (C=O) groups is 2. The highest BCUT2D eigenvalue weighted by Gasteiger charge is 2.50. The standard InChI is InChI=1S/C50H74N8O2S2/c1-7-13-17-19-21-23-31-55-35-39(51-53-55)41-27-29-43(61-41)47-45-46(50(60)57(47)33-37(11-5)25-15-9-3)48(58(49(45)59)34-38(12-6)26-16-10-4)44-30-28-42(62-44)40-36-56(54-52-40)32-24-22-20-18-14-8-2/h27-30,35-38H,7-26,31-34H2,1-6H3. The van der Waals surface area contributed by atoms with Gasteiger partial charge in [0.1, 0.15) is 11.4 Å². The summed E-state index contributed by atoms with van der Waals surface area (Å²) in [4.78, 5) is 38.2. The van der Waals surface area contributed by atoms with Crippen LogP contribution >= 0.6 is 22.7 Å². The van der Waals surface area contributed by atoms with E-state index in [1.54, 1.807) is 22.7 Å². The van der Waals surface area contributed by atoms with Crippen molar-refractivity contribution in [2.24, 2.45) is 11.8 Å². The summed E-state index contributed by atoms with van der Waals surface area (Å²) in [6.07, 6.45) is 27.4. The summed E-state index contributed by atoms with van der Waals surface area (Å²) in [6.45, 7) is 16.3. The van der Waals surface area contributed by atoms with E-state index in [0.29, 0.717) is 36.1 Å². The first-order chi connectivity index (χ1) is 30.3. The summed E-state index contributed by atoms with van der Waals surface area (Å²) in [6, 6.07) is 8.36. The zero-order valence-electron chi connectivity index (χ0n) is 38.8. The molecular weight excluding hydrogens is 809 g/mol. The molecule has 0 aliphatic carbocycles. The molecule has 0 bridgehead atoms. The van der Waals surface area contributed by atoms with E-state index in [9.17, 15) is 0 Å². The maximum Gasteiger partial charge on any atom is 0.261 e. The van der Waals surface area contributed by atoms with Gasteiger partial charge < -0.3 is 9.80 Å². The molecule has 2 atom stereocenters. The molecule has 62 heavy (non-hydrogen) atoms. The number of hydrogen-bond acceptors (Lipinski definition) is 8. The molecule has 2 unspecified atom stereocenters. The molecule has 2 aliphatic rings. The van der Waals surface area contributed by atoms with Crippen LogP contribution < -0.4 is 0 Å². The molecule has 0 fully saturated rings. The molecule has 0 N–H and O–H groups in total. The summed E-state index contributed by atoms with van der Waals surface area (Å²) in [5.74, 6) is 0.542. The fraction of sp³-hybridized carbons (Fsp3) is 0.640. The average molecular weight is 883 g/mol. The van der Waals surface area contributed by atoms with Crippen LogP contribution in [0.15, 0.2) is 47.8 Å². The van der Waals surface area contributed by atoms with Crippen molar-refractivity contribution in [2.75, 3.05) is 13.1 Å². The topological polar surface area (TPSA) is 102 Å². The number of thiophene rings is 2. The fourth-order valence-electron chi connectivity index (χ4n) is 8.96. The van der Waals surface area contributed by atoms with Gasteiger partial charge in [-0.1, -0.05) is 155 Å². The highest BCUT2D eigenvalue weighted by molar-refractivity contribution is 7.17. The first-order valence-corrected chi connectivity index (χ1v) is 26.1. The van der Waals surface area contributed by atoms with Crippen molar-refractivity contribution in [3.63, 3.8) is 0 Å². The van der Waals surface area contributed by atoms with Gasteiger partial charge in [-0.15, -0.1) is 32.9 Å².